The molecule has 168 valence electrons. The highest BCUT2D eigenvalue weighted by Gasteiger charge is 2.40. The van der Waals surface area contributed by atoms with Gasteiger partial charge in [-0.2, -0.15) is 0 Å². The molecule has 3 aromatic rings. The number of amides is 2. The summed E-state index contributed by atoms with van der Waals surface area (Å²) in [5.74, 6) is -0.0629. The third-order valence-corrected chi connectivity index (χ3v) is 5.57. The van der Waals surface area contributed by atoms with Crippen LogP contribution in [0.25, 0.3) is 5.57 Å². The van der Waals surface area contributed by atoms with Crippen molar-refractivity contribution in [2.45, 2.75) is 33.8 Å². The molecule has 5 nitrogen and oxygen atoms in total. The van der Waals surface area contributed by atoms with Crippen molar-refractivity contribution in [1.82, 2.24) is 0 Å². The fourth-order valence-electron chi connectivity index (χ4n) is 3.85. The number of benzene rings is 3. The van der Waals surface area contributed by atoms with E-state index >= 15 is 0 Å². The molecule has 0 bridgehead atoms. The van der Waals surface area contributed by atoms with Crippen LogP contribution in [-0.4, -0.2) is 17.9 Å². The summed E-state index contributed by atoms with van der Waals surface area (Å²) in [5.41, 5.74) is 4.45. The van der Waals surface area contributed by atoms with Gasteiger partial charge in [0, 0.05) is 10.7 Å². The van der Waals surface area contributed by atoms with Crippen LogP contribution < -0.4 is 15.0 Å². The molecule has 1 aliphatic rings. The SMILES string of the molecule is Cc1ccc(C2=C(Nc3ccc(OC(C)C)cc3)C(=O)N(c3ccc(Cl)cc3)C2=O)c(C)c1. The summed E-state index contributed by atoms with van der Waals surface area (Å²) < 4.78 is 5.70. The van der Waals surface area contributed by atoms with Crippen molar-refractivity contribution >= 4 is 40.4 Å². The molecule has 0 unspecified atom stereocenters. The molecule has 0 fully saturated rings. The second-order valence-electron chi connectivity index (χ2n) is 8.31. The predicted octanol–water partition coefficient (Wildman–Crippen LogP) is 6.14. The molecular formula is C27H25ClN2O3. The Morgan fingerprint density at radius 1 is 0.879 bits per heavy atom. The van der Waals surface area contributed by atoms with Crippen LogP contribution in [0.5, 0.6) is 5.75 Å². The minimum absolute atomic E-state index is 0.0598. The Hall–Kier alpha value is -3.57. The van der Waals surface area contributed by atoms with Gasteiger partial charge in [0.15, 0.2) is 0 Å². The summed E-state index contributed by atoms with van der Waals surface area (Å²) in [6.45, 7) is 7.85. The van der Waals surface area contributed by atoms with Crippen molar-refractivity contribution in [3.8, 4) is 5.75 Å². The van der Waals surface area contributed by atoms with E-state index in [9.17, 15) is 9.59 Å². The minimum atomic E-state index is -0.417. The maximum atomic E-state index is 13.6. The number of rotatable bonds is 6. The molecule has 1 N–H and O–H groups in total. The molecule has 0 atom stereocenters. The smallest absolute Gasteiger partial charge is 0.282 e. The molecule has 0 aliphatic carbocycles. The van der Waals surface area contributed by atoms with Gasteiger partial charge in [-0.1, -0.05) is 35.4 Å². The Morgan fingerprint density at radius 2 is 1.55 bits per heavy atom. The lowest BCUT2D eigenvalue weighted by atomic mass is 9.97. The van der Waals surface area contributed by atoms with Crippen LogP contribution >= 0.6 is 11.6 Å². The van der Waals surface area contributed by atoms with Gasteiger partial charge < -0.3 is 10.1 Å². The highest BCUT2D eigenvalue weighted by Crippen LogP contribution is 2.35. The Bertz CT molecular complexity index is 1250. The van der Waals surface area contributed by atoms with E-state index in [4.69, 9.17) is 16.3 Å². The maximum absolute atomic E-state index is 13.6. The van der Waals surface area contributed by atoms with Crippen molar-refractivity contribution in [2.24, 2.45) is 0 Å². The van der Waals surface area contributed by atoms with Crippen LogP contribution in [-0.2, 0) is 9.59 Å². The van der Waals surface area contributed by atoms with E-state index in [-0.39, 0.29) is 17.7 Å². The molecule has 6 heteroatoms. The lowest BCUT2D eigenvalue weighted by Gasteiger charge is -2.16. The highest BCUT2D eigenvalue weighted by molar-refractivity contribution is 6.46. The lowest BCUT2D eigenvalue weighted by Crippen LogP contribution is -2.32. The molecule has 2 amide bonds. The summed E-state index contributed by atoms with van der Waals surface area (Å²) in [7, 11) is 0. The van der Waals surface area contributed by atoms with Crippen LogP contribution in [0.2, 0.25) is 5.02 Å². The van der Waals surface area contributed by atoms with Gasteiger partial charge in [0.2, 0.25) is 0 Å². The molecule has 0 radical (unpaired) electrons. The van der Waals surface area contributed by atoms with E-state index in [1.807, 2.05) is 70.2 Å². The average Bonchev–Trinajstić information content (AvgIpc) is 3.00. The first-order chi connectivity index (χ1) is 15.7. The number of aryl methyl sites for hydroxylation is 2. The number of imide groups is 1. The second-order valence-corrected chi connectivity index (χ2v) is 8.74. The van der Waals surface area contributed by atoms with Gasteiger partial charge in [-0.15, -0.1) is 0 Å². The fraction of sp³-hybridized carbons (Fsp3) is 0.185. The largest absolute Gasteiger partial charge is 0.491 e. The molecule has 0 saturated heterocycles. The Kier molecular flexibility index (Phi) is 6.25. The van der Waals surface area contributed by atoms with Crippen LogP contribution in [0.3, 0.4) is 0 Å². The van der Waals surface area contributed by atoms with Crippen molar-refractivity contribution in [3.05, 3.63) is 94.1 Å². The third-order valence-electron chi connectivity index (χ3n) is 5.32. The van der Waals surface area contributed by atoms with Gasteiger partial charge in [-0.3, -0.25) is 9.59 Å². The van der Waals surface area contributed by atoms with Crippen LogP contribution in [0.1, 0.15) is 30.5 Å². The molecule has 3 aromatic carbocycles. The first-order valence-corrected chi connectivity index (χ1v) is 11.1. The molecule has 0 aromatic heterocycles. The Labute approximate surface area is 198 Å². The average molecular weight is 461 g/mol. The zero-order valence-corrected chi connectivity index (χ0v) is 19.7. The second kappa shape index (κ2) is 9.12. The first-order valence-electron chi connectivity index (χ1n) is 10.7. The van der Waals surface area contributed by atoms with Gasteiger partial charge >= 0.3 is 0 Å². The molecule has 1 aliphatic heterocycles. The van der Waals surface area contributed by atoms with Gasteiger partial charge in [0.1, 0.15) is 11.4 Å². The summed E-state index contributed by atoms with van der Waals surface area (Å²) >= 11 is 6.01. The van der Waals surface area contributed by atoms with Crippen molar-refractivity contribution in [1.29, 1.82) is 0 Å². The Morgan fingerprint density at radius 3 is 2.15 bits per heavy atom. The molecule has 4 rings (SSSR count). The van der Waals surface area contributed by atoms with Crippen molar-refractivity contribution in [3.63, 3.8) is 0 Å². The number of hydrogen-bond donors (Lipinski definition) is 1. The zero-order valence-electron chi connectivity index (χ0n) is 19.0. The van der Waals surface area contributed by atoms with Gasteiger partial charge in [-0.25, -0.2) is 4.90 Å². The number of carbonyl (C=O) groups excluding carboxylic acids is 2. The van der Waals surface area contributed by atoms with Crippen LogP contribution in [0.15, 0.2) is 72.4 Å². The van der Waals surface area contributed by atoms with Crippen molar-refractivity contribution < 1.29 is 14.3 Å². The fourth-order valence-corrected chi connectivity index (χ4v) is 3.97. The monoisotopic (exact) mass is 460 g/mol. The van der Waals surface area contributed by atoms with E-state index in [0.717, 1.165) is 22.4 Å². The normalized spacial score (nSPS) is 13.8. The predicted molar refractivity (Wildman–Crippen MR) is 133 cm³/mol. The quantitative estimate of drug-likeness (QED) is 0.449. The number of nitrogens with zero attached hydrogens (tertiary/aromatic N) is 1. The van der Waals surface area contributed by atoms with E-state index in [1.165, 1.54) is 4.90 Å². The minimum Gasteiger partial charge on any atom is -0.491 e. The molecular weight excluding hydrogens is 436 g/mol. The van der Waals surface area contributed by atoms with Crippen molar-refractivity contribution in [2.75, 3.05) is 10.2 Å². The maximum Gasteiger partial charge on any atom is 0.282 e. The molecule has 0 saturated carbocycles. The topological polar surface area (TPSA) is 58.6 Å². The first kappa shape index (κ1) is 22.6. The number of ether oxygens (including phenoxy) is 1. The summed E-state index contributed by atoms with van der Waals surface area (Å²) in [6.07, 6.45) is 0.0598. The van der Waals surface area contributed by atoms with E-state index < -0.39 is 5.91 Å². The van der Waals surface area contributed by atoms with Gasteiger partial charge in [0.25, 0.3) is 11.8 Å². The molecule has 0 spiro atoms. The Balaban J connectivity index is 1.77. The van der Waals surface area contributed by atoms with E-state index in [0.29, 0.717) is 22.0 Å². The zero-order chi connectivity index (χ0) is 23.7. The molecule has 33 heavy (non-hydrogen) atoms. The summed E-state index contributed by atoms with van der Waals surface area (Å²) in [6, 6.07) is 19.8. The third kappa shape index (κ3) is 4.64. The standard InChI is InChI=1S/C27H25ClN2O3/c1-16(2)33-22-12-8-20(9-13-22)29-25-24(23-14-5-17(3)15-18(23)4)26(31)30(27(25)32)21-10-6-19(28)7-11-21/h5-16,29H,1-4H3. The number of hydrogen-bond acceptors (Lipinski definition) is 4. The summed E-state index contributed by atoms with van der Waals surface area (Å²) in [4.78, 5) is 28.3. The highest BCUT2D eigenvalue weighted by atomic mass is 35.5. The van der Waals surface area contributed by atoms with Gasteiger partial charge in [-0.05, 0) is 87.4 Å². The van der Waals surface area contributed by atoms with E-state index in [1.54, 1.807) is 24.3 Å². The van der Waals surface area contributed by atoms with Gasteiger partial charge in [0.05, 0.1) is 17.4 Å². The lowest BCUT2D eigenvalue weighted by molar-refractivity contribution is -0.120. The molecule has 1 heterocycles. The summed E-state index contributed by atoms with van der Waals surface area (Å²) in [5, 5.41) is 3.72. The van der Waals surface area contributed by atoms with Crippen LogP contribution in [0.4, 0.5) is 11.4 Å². The number of anilines is 2. The van der Waals surface area contributed by atoms with E-state index in [2.05, 4.69) is 5.32 Å². The number of halogens is 1. The number of nitrogens with one attached hydrogen (secondary N) is 1. The van der Waals surface area contributed by atoms with Crippen LogP contribution in [0, 0.1) is 13.8 Å². The number of carbonyl (C=O) groups is 2.